The fraction of sp³-hybridized carbons (Fsp3) is 0.500. The first-order chi connectivity index (χ1) is 9.08. The summed E-state index contributed by atoms with van der Waals surface area (Å²) in [5, 5.41) is 8.75. The number of hydrogen-bond donors (Lipinski definition) is 1. The number of rotatable bonds is 5. The van der Waals surface area contributed by atoms with Gasteiger partial charge in [0.05, 0.1) is 0 Å². The fourth-order valence-corrected chi connectivity index (χ4v) is 2.00. The Balaban J connectivity index is 2.87. The van der Waals surface area contributed by atoms with Crippen LogP contribution in [-0.2, 0) is 6.54 Å². The van der Waals surface area contributed by atoms with E-state index in [4.69, 9.17) is 5.11 Å². The molecule has 0 bridgehead atoms. The third-order valence-corrected chi connectivity index (χ3v) is 3.25. The molecule has 0 aliphatic heterocycles. The molecule has 2 nitrogen and oxygen atoms in total. The number of halogens is 1. The van der Waals surface area contributed by atoms with Gasteiger partial charge >= 0.3 is 0 Å². The summed E-state index contributed by atoms with van der Waals surface area (Å²) >= 11 is 0. The maximum absolute atomic E-state index is 13.2. The van der Waals surface area contributed by atoms with Gasteiger partial charge in [0.2, 0.25) is 0 Å². The topological polar surface area (TPSA) is 23.5 Å². The molecule has 0 spiro atoms. The third-order valence-electron chi connectivity index (χ3n) is 3.25. The molecule has 1 aromatic carbocycles. The van der Waals surface area contributed by atoms with Gasteiger partial charge in [0.25, 0.3) is 0 Å². The summed E-state index contributed by atoms with van der Waals surface area (Å²) in [6.07, 6.45) is 2.28. The molecule has 19 heavy (non-hydrogen) atoms. The Labute approximate surface area is 115 Å². The summed E-state index contributed by atoms with van der Waals surface area (Å²) in [7, 11) is 2.06. The predicted octanol–water partition coefficient (Wildman–Crippen LogP) is 2.79. The van der Waals surface area contributed by atoms with E-state index in [1.165, 1.54) is 12.1 Å². The zero-order valence-electron chi connectivity index (χ0n) is 11.9. The summed E-state index contributed by atoms with van der Waals surface area (Å²) in [5.74, 6) is 5.10. The van der Waals surface area contributed by atoms with Crippen LogP contribution in [0.5, 0.6) is 0 Å². The molecule has 1 unspecified atom stereocenters. The van der Waals surface area contributed by atoms with E-state index in [0.717, 1.165) is 24.9 Å². The van der Waals surface area contributed by atoms with Crippen LogP contribution in [0, 0.1) is 17.7 Å². The van der Waals surface area contributed by atoms with Crippen molar-refractivity contribution >= 4 is 0 Å². The van der Waals surface area contributed by atoms with Crippen LogP contribution in [0.1, 0.15) is 37.8 Å². The molecule has 0 aliphatic rings. The second-order valence-electron chi connectivity index (χ2n) is 4.81. The number of nitrogens with zero attached hydrogens (tertiary/aromatic N) is 1. The SMILES string of the molecule is CCCC(C)N(C)Cc1ccc(F)cc1C#CCO. The lowest BCUT2D eigenvalue weighted by atomic mass is 10.1. The molecule has 0 saturated heterocycles. The van der Waals surface area contributed by atoms with E-state index < -0.39 is 0 Å². The van der Waals surface area contributed by atoms with Gasteiger partial charge in [-0.15, -0.1) is 0 Å². The van der Waals surface area contributed by atoms with Gasteiger partial charge in [0.1, 0.15) is 12.4 Å². The van der Waals surface area contributed by atoms with E-state index in [0.29, 0.717) is 11.6 Å². The van der Waals surface area contributed by atoms with E-state index in [-0.39, 0.29) is 12.4 Å². The van der Waals surface area contributed by atoms with E-state index in [9.17, 15) is 4.39 Å². The van der Waals surface area contributed by atoms with Gasteiger partial charge in [-0.3, -0.25) is 4.90 Å². The van der Waals surface area contributed by atoms with Crippen LogP contribution in [0.2, 0.25) is 0 Å². The molecular formula is C16H22FNO. The summed E-state index contributed by atoms with van der Waals surface area (Å²) in [5.41, 5.74) is 1.65. The van der Waals surface area contributed by atoms with Crippen molar-refractivity contribution in [1.82, 2.24) is 4.90 Å². The lowest BCUT2D eigenvalue weighted by Gasteiger charge is -2.24. The highest BCUT2D eigenvalue weighted by Gasteiger charge is 2.11. The largest absolute Gasteiger partial charge is 0.384 e. The zero-order valence-corrected chi connectivity index (χ0v) is 11.9. The number of aliphatic hydroxyl groups excluding tert-OH is 1. The number of benzene rings is 1. The van der Waals surface area contributed by atoms with Gasteiger partial charge in [0.15, 0.2) is 0 Å². The van der Waals surface area contributed by atoms with E-state index >= 15 is 0 Å². The van der Waals surface area contributed by atoms with Crippen LogP contribution in [0.25, 0.3) is 0 Å². The maximum Gasteiger partial charge on any atom is 0.124 e. The molecule has 1 atom stereocenters. The van der Waals surface area contributed by atoms with Gasteiger partial charge < -0.3 is 5.11 Å². The summed E-state index contributed by atoms with van der Waals surface area (Å²) in [6.45, 7) is 4.88. The van der Waals surface area contributed by atoms with Gasteiger partial charge in [-0.25, -0.2) is 4.39 Å². The van der Waals surface area contributed by atoms with Crippen molar-refractivity contribution in [1.29, 1.82) is 0 Å². The van der Waals surface area contributed by atoms with Crippen molar-refractivity contribution in [3.8, 4) is 11.8 Å². The van der Waals surface area contributed by atoms with Crippen molar-refractivity contribution in [2.45, 2.75) is 39.3 Å². The third kappa shape index (κ3) is 5.02. The molecule has 3 heteroatoms. The fourth-order valence-electron chi connectivity index (χ4n) is 2.00. The normalized spacial score (nSPS) is 12.1. The first kappa shape index (κ1) is 15.7. The van der Waals surface area contributed by atoms with Gasteiger partial charge in [0, 0.05) is 18.2 Å². The molecule has 0 saturated carbocycles. The number of hydrogen-bond acceptors (Lipinski definition) is 2. The zero-order chi connectivity index (χ0) is 14.3. The van der Waals surface area contributed by atoms with Crippen LogP contribution >= 0.6 is 0 Å². The van der Waals surface area contributed by atoms with Crippen molar-refractivity contribution in [2.24, 2.45) is 0 Å². The highest BCUT2D eigenvalue weighted by Crippen LogP contribution is 2.15. The first-order valence-electron chi connectivity index (χ1n) is 6.66. The van der Waals surface area contributed by atoms with E-state index in [1.807, 2.05) is 0 Å². The molecule has 104 valence electrons. The molecule has 1 rings (SSSR count). The molecule has 0 amide bonds. The lowest BCUT2D eigenvalue weighted by molar-refractivity contribution is 0.236. The smallest absolute Gasteiger partial charge is 0.124 e. The minimum absolute atomic E-state index is 0.210. The summed E-state index contributed by atoms with van der Waals surface area (Å²) in [6, 6.07) is 5.13. The minimum Gasteiger partial charge on any atom is -0.384 e. The number of aliphatic hydroxyl groups is 1. The molecule has 0 aromatic heterocycles. The van der Waals surface area contributed by atoms with Crippen molar-refractivity contribution in [2.75, 3.05) is 13.7 Å². The average molecular weight is 263 g/mol. The Morgan fingerprint density at radius 3 is 2.79 bits per heavy atom. The summed E-state index contributed by atoms with van der Waals surface area (Å²) in [4.78, 5) is 2.24. The second kappa shape index (κ2) is 7.93. The Kier molecular flexibility index (Phi) is 6.55. The Hall–Kier alpha value is -1.37. The van der Waals surface area contributed by atoms with Gasteiger partial charge in [-0.1, -0.05) is 31.3 Å². The van der Waals surface area contributed by atoms with Crippen molar-refractivity contribution in [3.05, 3.63) is 35.1 Å². The van der Waals surface area contributed by atoms with Gasteiger partial charge in [-0.2, -0.15) is 0 Å². The quantitative estimate of drug-likeness (QED) is 0.826. The highest BCUT2D eigenvalue weighted by molar-refractivity contribution is 5.41. The summed E-state index contributed by atoms with van der Waals surface area (Å²) < 4.78 is 13.2. The molecule has 0 heterocycles. The Morgan fingerprint density at radius 2 is 2.16 bits per heavy atom. The molecule has 0 radical (unpaired) electrons. The van der Waals surface area contributed by atoms with E-state index in [2.05, 4.69) is 37.6 Å². The highest BCUT2D eigenvalue weighted by atomic mass is 19.1. The predicted molar refractivity (Wildman–Crippen MR) is 76.2 cm³/mol. The average Bonchev–Trinajstić information content (AvgIpc) is 2.39. The molecule has 0 aliphatic carbocycles. The Bertz CT molecular complexity index is 462. The molecule has 1 aromatic rings. The van der Waals surface area contributed by atoms with E-state index in [1.54, 1.807) is 6.07 Å². The van der Waals surface area contributed by atoms with Gasteiger partial charge in [-0.05, 0) is 38.1 Å². The minimum atomic E-state index is -0.296. The second-order valence-corrected chi connectivity index (χ2v) is 4.81. The first-order valence-corrected chi connectivity index (χ1v) is 6.66. The molecule has 1 N–H and O–H groups in total. The maximum atomic E-state index is 13.2. The van der Waals surface area contributed by atoms with Crippen LogP contribution in [0.15, 0.2) is 18.2 Å². The standard InChI is InChI=1S/C16H22FNO/c1-4-6-13(2)18(3)12-15-8-9-16(17)11-14(15)7-5-10-19/h8-9,11,13,19H,4,6,10,12H2,1-3H3. The van der Waals surface area contributed by atoms with Crippen molar-refractivity contribution in [3.63, 3.8) is 0 Å². The van der Waals surface area contributed by atoms with Crippen LogP contribution < -0.4 is 0 Å². The van der Waals surface area contributed by atoms with Crippen LogP contribution in [0.3, 0.4) is 0 Å². The lowest BCUT2D eigenvalue weighted by Crippen LogP contribution is -2.28. The van der Waals surface area contributed by atoms with Crippen molar-refractivity contribution < 1.29 is 9.50 Å². The molecular weight excluding hydrogens is 241 g/mol. The van der Waals surface area contributed by atoms with Crippen LogP contribution in [0.4, 0.5) is 4.39 Å². The molecule has 0 fully saturated rings. The van der Waals surface area contributed by atoms with Crippen LogP contribution in [-0.4, -0.2) is 29.7 Å². The monoisotopic (exact) mass is 263 g/mol. The Morgan fingerprint density at radius 1 is 1.42 bits per heavy atom.